The van der Waals surface area contributed by atoms with Crippen LogP contribution in [-0.2, 0) is 4.79 Å². The van der Waals surface area contributed by atoms with Gasteiger partial charge < -0.3 is 5.32 Å². The molecule has 2 rings (SSSR count). The van der Waals surface area contributed by atoms with Gasteiger partial charge >= 0.3 is 0 Å². The molecule has 1 heterocycles. The van der Waals surface area contributed by atoms with Gasteiger partial charge in [-0.25, -0.2) is 4.98 Å². The van der Waals surface area contributed by atoms with Gasteiger partial charge in [-0.1, -0.05) is 27.3 Å². The zero-order valence-electron chi connectivity index (χ0n) is 10.2. The second-order valence-electron chi connectivity index (χ2n) is 4.10. The number of aryl methyl sites for hydroxylation is 2. The molecule has 0 bridgehead atoms. The monoisotopic (exact) mass is 346 g/mol. The van der Waals surface area contributed by atoms with Gasteiger partial charge in [0.15, 0.2) is 5.13 Å². The SMILES string of the molecule is Cc1cc(Br)c(C)c2sc(NC(=O)[C@@H](C)Cl)nc12. The fourth-order valence-electron chi connectivity index (χ4n) is 1.58. The van der Waals surface area contributed by atoms with E-state index in [4.69, 9.17) is 11.6 Å². The summed E-state index contributed by atoms with van der Waals surface area (Å²) in [6, 6.07) is 2.03. The van der Waals surface area contributed by atoms with Crippen molar-refractivity contribution in [3.63, 3.8) is 0 Å². The van der Waals surface area contributed by atoms with Gasteiger partial charge in [-0.05, 0) is 38.0 Å². The standard InChI is InChI=1S/C12H12BrClN2OS/c1-5-4-8(13)6(2)10-9(5)15-12(18-10)16-11(17)7(3)14/h4,7H,1-3H3,(H,15,16,17)/t7-/m1/s1. The largest absolute Gasteiger partial charge is 0.301 e. The first-order valence-corrected chi connectivity index (χ1v) is 7.46. The molecule has 1 N–H and O–H groups in total. The Hall–Kier alpha value is -0.650. The molecule has 1 atom stereocenters. The quantitative estimate of drug-likeness (QED) is 0.826. The number of rotatable bonds is 2. The van der Waals surface area contributed by atoms with Crippen molar-refractivity contribution < 1.29 is 4.79 Å². The normalized spacial score (nSPS) is 12.7. The van der Waals surface area contributed by atoms with Crippen molar-refractivity contribution in [3.05, 3.63) is 21.7 Å². The molecule has 0 spiro atoms. The number of carbonyl (C=O) groups excluding carboxylic acids is 1. The van der Waals surface area contributed by atoms with Gasteiger partial charge in [0.05, 0.1) is 10.2 Å². The summed E-state index contributed by atoms with van der Waals surface area (Å²) < 4.78 is 2.14. The van der Waals surface area contributed by atoms with Crippen molar-refractivity contribution in [2.45, 2.75) is 26.1 Å². The summed E-state index contributed by atoms with van der Waals surface area (Å²) >= 11 is 10.7. The lowest BCUT2D eigenvalue weighted by Crippen LogP contribution is -2.19. The Morgan fingerprint density at radius 2 is 2.22 bits per heavy atom. The van der Waals surface area contributed by atoms with Crippen LogP contribution in [0.1, 0.15) is 18.1 Å². The van der Waals surface area contributed by atoms with Gasteiger partial charge in [0, 0.05) is 4.47 Å². The van der Waals surface area contributed by atoms with Crippen molar-refractivity contribution in [3.8, 4) is 0 Å². The third-order valence-corrected chi connectivity index (χ3v) is 4.75. The minimum absolute atomic E-state index is 0.231. The lowest BCUT2D eigenvalue weighted by molar-refractivity contribution is -0.115. The predicted molar refractivity (Wildman–Crippen MR) is 80.7 cm³/mol. The summed E-state index contributed by atoms with van der Waals surface area (Å²) in [5.41, 5.74) is 3.14. The second kappa shape index (κ2) is 5.15. The molecule has 0 unspecified atom stereocenters. The molecule has 1 amide bonds. The van der Waals surface area contributed by atoms with Crippen LogP contribution in [-0.4, -0.2) is 16.3 Å². The molecule has 0 saturated heterocycles. The Balaban J connectivity index is 2.48. The van der Waals surface area contributed by atoms with Crippen LogP contribution in [0.25, 0.3) is 10.2 Å². The zero-order chi connectivity index (χ0) is 13.4. The average Bonchev–Trinajstić information content (AvgIpc) is 2.70. The summed E-state index contributed by atoms with van der Waals surface area (Å²) in [4.78, 5) is 16.0. The van der Waals surface area contributed by atoms with E-state index >= 15 is 0 Å². The van der Waals surface area contributed by atoms with Gasteiger partial charge in [-0.2, -0.15) is 0 Å². The molecular formula is C12H12BrClN2OS. The summed E-state index contributed by atoms with van der Waals surface area (Å²) in [6.45, 7) is 5.67. The summed E-state index contributed by atoms with van der Waals surface area (Å²) in [5, 5.41) is 2.75. The molecule has 0 radical (unpaired) electrons. The molecule has 0 saturated carbocycles. The van der Waals surface area contributed by atoms with Crippen LogP contribution >= 0.6 is 38.9 Å². The molecular weight excluding hydrogens is 336 g/mol. The van der Waals surface area contributed by atoms with E-state index in [2.05, 4.69) is 26.2 Å². The van der Waals surface area contributed by atoms with E-state index in [1.54, 1.807) is 6.92 Å². The van der Waals surface area contributed by atoms with E-state index in [0.29, 0.717) is 5.13 Å². The molecule has 2 aromatic rings. The number of aromatic nitrogens is 1. The number of hydrogen-bond acceptors (Lipinski definition) is 3. The number of nitrogens with zero attached hydrogens (tertiary/aromatic N) is 1. The number of carbonyl (C=O) groups is 1. The predicted octanol–water partition coefficient (Wildman–Crippen LogP) is 4.24. The van der Waals surface area contributed by atoms with Crippen LogP contribution in [0.5, 0.6) is 0 Å². The number of nitrogens with one attached hydrogen (secondary N) is 1. The Labute approximate surface area is 123 Å². The minimum atomic E-state index is -0.564. The topological polar surface area (TPSA) is 42.0 Å². The van der Waals surface area contributed by atoms with Crippen molar-refractivity contribution in [2.24, 2.45) is 0 Å². The maximum absolute atomic E-state index is 11.5. The van der Waals surface area contributed by atoms with E-state index in [1.165, 1.54) is 11.3 Å². The highest BCUT2D eigenvalue weighted by molar-refractivity contribution is 9.10. The maximum atomic E-state index is 11.5. The molecule has 18 heavy (non-hydrogen) atoms. The number of benzene rings is 1. The van der Waals surface area contributed by atoms with Gasteiger partial charge in [0.1, 0.15) is 5.38 Å². The lowest BCUT2D eigenvalue weighted by Gasteiger charge is -2.01. The molecule has 6 heteroatoms. The minimum Gasteiger partial charge on any atom is -0.301 e. The maximum Gasteiger partial charge on any atom is 0.243 e. The summed E-state index contributed by atoms with van der Waals surface area (Å²) in [7, 11) is 0. The van der Waals surface area contributed by atoms with Crippen LogP contribution in [0.3, 0.4) is 0 Å². The number of amides is 1. The molecule has 0 aliphatic heterocycles. The first kappa shape index (κ1) is 13.8. The highest BCUT2D eigenvalue weighted by Gasteiger charge is 2.15. The first-order chi connectivity index (χ1) is 8.40. The van der Waals surface area contributed by atoms with Gasteiger partial charge in [0.25, 0.3) is 0 Å². The van der Waals surface area contributed by atoms with E-state index in [-0.39, 0.29) is 5.91 Å². The van der Waals surface area contributed by atoms with Crippen LogP contribution in [0.2, 0.25) is 0 Å². The van der Waals surface area contributed by atoms with Crippen molar-refractivity contribution in [1.29, 1.82) is 0 Å². The lowest BCUT2D eigenvalue weighted by atomic mass is 10.1. The van der Waals surface area contributed by atoms with E-state index in [0.717, 1.165) is 25.8 Å². The molecule has 0 aliphatic rings. The number of anilines is 1. The molecule has 1 aromatic carbocycles. The van der Waals surface area contributed by atoms with Crippen LogP contribution in [0.15, 0.2) is 10.5 Å². The molecule has 0 fully saturated rings. The Bertz CT molecular complexity index is 624. The van der Waals surface area contributed by atoms with E-state index in [1.807, 2.05) is 19.9 Å². The zero-order valence-corrected chi connectivity index (χ0v) is 13.3. The fraction of sp³-hybridized carbons (Fsp3) is 0.333. The van der Waals surface area contributed by atoms with Crippen molar-refractivity contribution in [2.75, 3.05) is 5.32 Å². The molecule has 3 nitrogen and oxygen atoms in total. The summed E-state index contributed by atoms with van der Waals surface area (Å²) in [6.07, 6.45) is 0. The number of thiazole rings is 1. The highest BCUT2D eigenvalue weighted by Crippen LogP contribution is 2.35. The smallest absolute Gasteiger partial charge is 0.243 e. The van der Waals surface area contributed by atoms with Crippen LogP contribution < -0.4 is 5.32 Å². The van der Waals surface area contributed by atoms with Crippen LogP contribution in [0, 0.1) is 13.8 Å². The average molecular weight is 348 g/mol. The van der Waals surface area contributed by atoms with Gasteiger partial charge in [-0.15, -0.1) is 11.6 Å². The Morgan fingerprint density at radius 1 is 1.56 bits per heavy atom. The van der Waals surface area contributed by atoms with Crippen LogP contribution in [0.4, 0.5) is 5.13 Å². The number of halogens is 2. The summed E-state index contributed by atoms with van der Waals surface area (Å²) in [5.74, 6) is -0.231. The first-order valence-electron chi connectivity index (χ1n) is 5.41. The number of hydrogen-bond donors (Lipinski definition) is 1. The van der Waals surface area contributed by atoms with E-state index < -0.39 is 5.38 Å². The molecule has 1 aromatic heterocycles. The van der Waals surface area contributed by atoms with Gasteiger partial charge in [-0.3, -0.25) is 4.79 Å². The fourth-order valence-corrected chi connectivity index (χ4v) is 3.35. The van der Waals surface area contributed by atoms with E-state index in [9.17, 15) is 4.79 Å². The molecule has 0 aliphatic carbocycles. The third-order valence-electron chi connectivity index (χ3n) is 2.63. The Kier molecular flexibility index (Phi) is 3.94. The Morgan fingerprint density at radius 3 is 2.83 bits per heavy atom. The van der Waals surface area contributed by atoms with Crippen molar-refractivity contribution in [1.82, 2.24) is 4.98 Å². The highest BCUT2D eigenvalue weighted by atomic mass is 79.9. The second-order valence-corrected chi connectivity index (χ2v) is 6.61. The third kappa shape index (κ3) is 2.53. The number of fused-ring (bicyclic) bond motifs is 1. The molecule has 96 valence electrons. The number of alkyl halides is 1. The van der Waals surface area contributed by atoms with Gasteiger partial charge in [0.2, 0.25) is 5.91 Å². The van der Waals surface area contributed by atoms with Crippen molar-refractivity contribution >= 4 is 60.1 Å².